The van der Waals surface area contributed by atoms with Crippen LogP contribution in [0, 0.1) is 0 Å². The lowest BCUT2D eigenvalue weighted by Gasteiger charge is -2.22. The predicted molar refractivity (Wildman–Crippen MR) is 77.4 cm³/mol. The molecule has 0 aliphatic carbocycles. The van der Waals surface area contributed by atoms with Gasteiger partial charge in [0.2, 0.25) is 18.4 Å². The highest BCUT2D eigenvalue weighted by molar-refractivity contribution is 5.94. The van der Waals surface area contributed by atoms with Gasteiger partial charge in [-0.3, -0.25) is 9.48 Å². The van der Waals surface area contributed by atoms with Crippen LogP contribution in [0.3, 0.4) is 0 Å². The Morgan fingerprint density at radius 1 is 1.41 bits per heavy atom. The highest BCUT2D eigenvalue weighted by atomic mass is 16.7. The van der Waals surface area contributed by atoms with Crippen LogP contribution in [-0.2, 0) is 11.8 Å². The van der Waals surface area contributed by atoms with E-state index >= 15 is 0 Å². The Balaban J connectivity index is 1.84. The minimum atomic E-state index is -0.0825. The first-order valence-electron chi connectivity index (χ1n) is 6.96. The summed E-state index contributed by atoms with van der Waals surface area (Å²) in [6, 6.07) is 3.80. The highest BCUT2D eigenvalue weighted by Gasteiger charge is 2.31. The molecule has 1 atom stereocenters. The van der Waals surface area contributed by atoms with Gasteiger partial charge in [-0.05, 0) is 17.7 Å². The first kappa shape index (κ1) is 13.0. The lowest BCUT2D eigenvalue weighted by Crippen LogP contribution is -2.23. The van der Waals surface area contributed by atoms with Crippen molar-refractivity contribution in [2.45, 2.75) is 12.3 Å². The first-order valence-corrected chi connectivity index (χ1v) is 6.96. The SMILES string of the molecule is COc1cc(C2CC(=O)Nc3nn(C)cc32)cc2c1OCO2. The molecule has 2 aliphatic heterocycles. The van der Waals surface area contributed by atoms with Crippen molar-refractivity contribution in [3.63, 3.8) is 0 Å². The van der Waals surface area contributed by atoms with E-state index in [2.05, 4.69) is 10.4 Å². The standard InChI is InChI=1S/C15H15N3O4/c1-18-6-10-9(5-13(19)16-15(10)17-18)8-3-11(20-2)14-12(4-8)21-7-22-14/h3-4,6,9H,5,7H2,1-2H3,(H,16,17,19). The van der Waals surface area contributed by atoms with Gasteiger partial charge in [0.1, 0.15) is 0 Å². The normalized spacial score (nSPS) is 18.8. The lowest BCUT2D eigenvalue weighted by molar-refractivity contribution is -0.116. The molecule has 0 fully saturated rings. The minimum absolute atomic E-state index is 0.0483. The van der Waals surface area contributed by atoms with Gasteiger partial charge in [-0.2, -0.15) is 5.10 Å². The Labute approximate surface area is 126 Å². The summed E-state index contributed by atoms with van der Waals surface area (Å²) in [7, 11) is 3.42. The van der Waals surface area contributed by atoms with E-state index in [1.54, 1.807) is 11.8 Å². The number of fused-ring (bicyclic) bond motifs is 2. The summed E-state index contributed by atoms with van der Waals surface area (Å²) < 4.78 is 18.0. The third-order valence-corrected chi connectivity index (χ3v) is 3.96. The highest BCUT2D eigenvalue weighted by Crippen LogP contribution is 2.46. The number of methoxy groups -OCH3 is 1. The Morgan fingerprint density at radius 2 is 2.27 bits per heavy atom. The Bertz CT molecular complexity index is 768. The van der Waals surface area contributed by atoms with E-state index in [1.807, 2.05) is 25.4 Å². The van der Waals surface area contributed by atoms with Crippen LogP contribution < -0.4 is 19.5 Å². The number of anilines is 1. The second kappa shape index (κ2) is 4.66. The number of carbonyl (C=O) groups excluding carboxylic acids is 1. The maximum absolute atomic E-state index is 12.0. The molecule has 2 aromatic rings. The predicted octanol–water partition coefficient (Wildman–Crippen LogP) is 1.63. The first-order chi connectivity index (χ1) is 10.7. The second-order valence-corrected chi connectivity index (χ2v) is 5.37. The Kier molecular flexibility index (Phi) is 2.75. The number of benzene rings is 1. The Hall–Kier alpha value is -2.70. The molecule has 0 saturated heterocycles. The summed E-state index contributed by atoms with van der Waals surface area (Å²) in [5.41, 5.74) is 1.94. The molecule has 7 nitrogen and oxygen atoms in total. The number of nitrogens with one attached hydrogen (secondary N) is 1. The average molecular weight is 301 g/mol. The zero-order valence-corrected chi connectivity index (χ0v) is 12.3. The van der Waals surface area contributed by atoms with E-state index in [9.17, 15) is 4.79 Å². The zero-order valence-electron chi connectivity index (χ0n) is 12.3. The van der Waals surface area contributed by atoms with Gasteiger partial charge in [0.15, 0.2) is 17.3 Å². The van der Waals surface area contributed by atoms with Crippen LogP contribution in [-0.4, -0.2) is 29.6 Å². The van der Waals surface area contributed by atoms with Gasteiger partial charge < -0.3 is 19.5 Å². The number of aryl methyl sites for hydroxylation is 1. The fraction of sp³-hybridized carbons (Fsp3) is 0.333. The molecule has 1 aromatic heterocycles. The van der Waals surface area contributed by atoms with Crippen molar-refractivity contribution in [2.75, 3.05) is 19.2 Å². The van der Waals surface area contributed by atoms with Gasteiger partial charge in [0.25, 0.3) is 0 Å². The van der Waals surface area contributed by atoms with Crippen LogP contribution >= 0.6 is 0 Å². The van der Waals surface area contributed by atoms with Gasteiger partial charge in [-0.1, -0.05) is 0 Å². The molecule has 1 amide bonds. The zero-order chi connectivity index (χ0) is 15.3. The molecule has 7 heteroatoms. The monoisotopic (exact) mass is 301 g/mol. The number of carbonyl (C=O) groups is 1. The minimum Gasteiger partial charge on any atom is -0.493 e. The van der Waals surface area contributed by atoms with Gasteiger partial charge in [0.05, 0.1) is 7.11 Å². The van der Waals surface area contributed by atoms with Crippen LogP contribution in [0.5, 0.6) is 17.2 Å². The van der Waals surface area contributed by atoms with E-state index in [4.69, 9.17) is 14.2 Å². The topological polar surface area (TPSA) is 74.6 Å². The average Bonchev–Trinajstić information content (AvgIpc) is 3.10. The van der Waals surface area contributed by atoms with Crippen LogP contribution in [0.25, 0.3) is 0 Å². The van der Waals surface area contributed by atoms with Gasteiger partial charge in [0, 0.05) is 31.1 Å². The molecule has 1 N–H and O–H groups in total. The van der Waals surface area contributed by atoms with Crippen molar-refractivity contribution in [3.05, 3.63) is 29.5 Å². The molecule has 3 heterocycles. The second-order valence-electron chi connectivity index (χ2n) is 5.37. The van der Waals surface area contributed by atoms with Crippen LogP contribution in [0.1, 0.15) is 23.5 Å². The molecule has 0 spiro atoms. The summed E-state index contributed by atoms with van der Waals surface area (Å²) in [6.07, 6.45) is 2.29. The van der Waals surface area contributed by atoms with E-state index in [1.165, 1.54) is 0 Å². The number of aromatic nitrogens is 2. The van der Waals surface area contributed by atoms with Gasteiger partial charge in [-0.25, -0.2) is 0 Å². The molecular formula is C15H15N3O4. The Morgan fingerprint density at radius 3 is 3.09 bits per heavy atom. The van der Waals surface area contributed by atoms with E-state index in [0.717, 1.165) is 11.1 Å². The quantitative estimate of drug-likeness (QED) is 0.912. The molecule has 1 unspecified atom stereocenters. The van der Waals surface area contributed by atoms with E-state index in [-0.39, 0.29) is 18.6 Å². The van der Waals surface area contributed by atoms with Gasteiger partial charge >= 0.3 is 0 Å². The molecule has 114 valence electrons. The fourth-order valence-electron chi connectivity index (χ4n) is 2.99. The van der Waals surface area contributed by atoms with E-state index in [0.29, 0.717) is 29.5 Å². The van der Waals surface area contributed by atoms with E-state index < -0.39 is 0 Å². The van der Waals surface area contributed by atoms with Crippen molar-refractivity contribution in [1.82, 2.24) is 9.78 Å². The van der Waals surface area contributed by atoms with Gasteiger partial charge in [-0.15, -0.1) is 0 Å². The molecule has 4 rings (SSSR count). The maximum Gasteiger partial charge on any atom is 0.231 e. The summed E-state index contributed by atoms with van der Waals surface area (Å²) >= 11 is 0. The summed E-state index contributed by atoms with van der Waals surface area (Å²) in [4.78, 5) is 12.0. The lowest BCUT2D eigenvalue weighted by atomic mass is 9.87. The number of hydrogen-bond donors (Lipinski definition) is 1. The number of nitrogens with zero attached hydrogens (tertiary/aromatic N) is 2. The molecular weight excluding hydrogens is 286 g/mol. The molecule has 0 saturated carbocycles. The van der Waals surface area contributed by atoms with Crippen LogP contribution in [0.15, 0.2) is 18.3 Å². The van der Waals surface area contributed by atoms with Crippen molar-refractivity contribution >= 4 is 11.7 Å². The van der Waals surface area contributed by atoms with Crippen LogP contribution in [0.2, 0.25) is 0 Å². The van der Waals surface area contributed by atoms with Crippen molar-refractivity contribution in [3.8, 4) is 17.2 Å². The van der Waals surface area contributed by atoms with Crippen molar-refractivity contribution < 1.29 is 19.0 Å². The smallest absolute Gasteiger partial charge is 0.231 e. The number of rotatable bonds is 2. The van der Waals surface area contributed by atoms with Crippen molar-refractivity contribution in [2.24, 2.45) is 7.05 Å². The fourth-order valence-corrected chi connectivity index (χ4v) is 2.99. The molecule has 1 aromatic carbocycles. The molecule has 0 radical (unpaired) electrons. The summed E-state index contributed by atoms with van der Waals surface area (Å²) in [6.45, 7) is 0.179. The number of ether oxygens (including phenoxy) is 3. The maximum atomic E-state index is 12.0. The van der Waals surface area contributed by atoms with Crippen LogP contribution in [0.4, 0.5) is 5.82 Å². The third kappa shape index (κ3) is 1.89. The number of amides is 1. The molecule has 22 heavy (non-hydrogen) atoms. The number of hydrogen-bond acceptors (Lipinski definition) is 5. The molecule has 2 aliphatic rings. The third-order valence-electron chi connectivity index (χ3n) is 3.96. The summed E-state index contributed by atoms with van der Waals surface area (Å²) in [5.74, 6) is 2.35. The summed E-state index contributed by atoms with van der Waals surface area (Å²) in [5, 5.41) is 7.09. The van der Waals surface area contributed by atoms with Crippen molar-refractivity contribution in [1.29, 1.82) is 0 Å². The largest absolute Gasteiger partial charge is 0.493 e. The molecule has 0 bridgehead atoms.